The average molecular weight is 659 g/mol. The zero-order valence-electron chi connectivity index (χ0n) is 28.3. The number of nitrogens with zero attached hydrogens (tertiary/aromatic N) is 7. The molecule has 16 nitrogen and oxygen atoms in total. The lowest BCUT2D eigenvalue weighted by molar-refractivity contribution is -0.201. The summed E-state index contributed by atoms with van der Waals surface area (Å²) in [5, 5.41) is 17.8. The van der Waals surface area contributed by atoms with Crippen molar-refractivity contribution < 1.29 is 38.1 Å². The molecule has 1 fully saturated rings. The second-order valence-electron chi connectivity index (χ2n) is 11.9. The quantitative estimate of drug-likeness (QED) is 0.0683. The predicted molar refractivity (Wildman–Crippen MR) is 169 cm³/mol. The van der Waals surface area contributed by atoms with Gasteiger partial charge >= 0.3 is 17.9 Å². The minimum Gasteiger partial charge on any atom is -0.468 e. The summed E-state index contributed by atoms with van der Waals surface area (Å²) in [6.07, 6.45) is 0.140. The molecule has 0 radical (unpaired) electrons. The highest BCUT2D eigenvalue weighted by Crippen LogP contribution is 2.36. The maximum atomic E-state index is 13.2. The van der Waals surface area contributed by atoms with Gasteiger partial charge in [0.1, 0.15) is 24.0 Å². The number of likely N-dealkylation sites (N-methyl/N-ethyl adjacent to an activating group) is 1. The van der Waals surface area contributed by atoms with Crippen molar-refractivity contribution in [2.45, 2.75) is 58.5 Å². The van der Waals surface area contributed by atoms with Gasteiger partial charge in [-0.2, -0.15) is 10.4 Å². The van der Waals surface area contributed by atoms with E-state index in [2.05, 4.69) is 43.3 Å². The van der Waals surface area contributed by atoms with Gasteiger partial charge in [-0.1, -0.05) is 27.7 Å². The van der Waals surface area contributed by atoms with Crippen molar-refractivity contribution >= 4 is 35.6 Å². The average Bonchev–Trinajstić information content (AvgIpc) is 3.50. The highest BCUT2D eigenvalue weighted by molar-refractivity contribution is 5.75. The van der Waals surface area contributed by atoms with E-state index in [9.17, 15) is 19.6 Å². The van der Waals surface area contributed by atoms with E-state index in [0.717, 1.165) is 26.2 Å². The normalized spacial score (nSPS) is 17.3. The van der Waals surface area contributed by atoms with Gasteiger partial charge in [0.05, 0.1) is 44.3 Å². The number of nitrogens with one attached hydrogen (secondary N) is 1. The molecular weight excluding hydrogens is 612 g/mol. The fourth-order valence-corrected chi connectivity index (χ4v) is 4.58. The van der Waals surface area contributed by atoms with Gasteiger partial charge in [-0.05, 0) is 26.1 Å². The summed E-state index contributed by atoms with van der Waals surface area (Å²) in [6.45, 7) is 11.0. The summed E-state index contributed by atoms with van der Waals surface area (Å²) < 4.78 is 29.6. The summed E-state index contributed by atoms with van der Waals surface area (Å²) in [4.78, 5) is 51.4. The number of aromatic nitrogens is 3. The van der Waals surface area contributed by atoms with Crippen LogP contribution in [0.25, 0.3) is 5.52 Å². The number of hydrogen-bond acceptors (Lipinski definition) is 14. The van der Waals surface area contributed by atoms with Crippen LogP contribution in [0, 0.1) is 23.2 Å². The van der Waals surface area contributed by atoms with Crippen molar-refractivity contribution in [3.05, 3.63) is 24.2 Å². The molecule has 0 amide bonds. The summed E-state index contributed by atoms with van der Waals surface area (Å²) in [5.74, 6) is -2.59. The number of piperazine rings is 1. The first-order chi connectivity index (χ1) is 22.4. The van der Waals surface area contributed by atoms with Gasteiger partial charge in [-0.25, -0.2) is 14.5 Å². The van der Waals surface area contributed by atoms with Crippen LogP contribution in [-0.4, -0.2) is 127 Å². The molecule has 1 aliphatic heterocycles. The molecule has 3 heterocycles. The molecule has 0 spiro atoms. The zero-order valence-corrected chi connectivity index (χ0v) is 28.3. The van der Waals surface area contributed by atoms with E-state index in [1.54, 1.807) is 53.1 Å². The van der Waals surface area contributed by atoms with Crippen LogP contribution in [0.3, 0.4) is 0 Å². The van der Waals surface area contributed by atoms with E-state index in [0.29, 0.717) is 11.3 Å². The van der Waals surface area contributed by atoms with Gasteiger partial charge < -0.3 is 33.5 Å². The molecule has 2 aromatic rings. The number of aliphatic imine (C=N–C) groups is 1. The number of carbonyl (C=O) groups excluding carboxylic acids is 3. The Morgan fingerprint density at radius 2 is 1.70 bits per heavy atom. The summed E-state index contributed by atoms with van der Waals surface area (Å²) in [7, 11) is 4.59. The van der Waals surface area contributed by atoms with Crippen LogP contribution in [0.2, 0.25) is 0 Å². The van der Waals surface area contributed by atoms with E-state index < -0.39 is 60.2 Å². The maximum absolute atomic E-state index is 13.2. The Kier molecular flexibility index (Phi) is 13.6. The van der Waals surface area contributed by atoms with E-state index >= 15 is 0 Å². The monoisotopic (exact) mass is 658 g/mol. The fraction of sp³-hybridized carbons (Fsp3) is 0.645. The van der Waals surface area contributed by atoms with E-state index in [1.165, 1.54) is 25.1 Å². The van der Waals surface area contributed by atoms with Gasteiger partial charge in [-0.15, -0.1) is 0 Å². The SMILES string of the molecule is COC(=O)[C@H](C)NCOC[C@@](C#N)(OC)[C@@H](OC(=O)C(C)C)[C@@H](OC(=O)C(C)C)c1ccc2c(N=CN3CCN(C)CC3)ncnn12. The smallest absolute Gasteiger partial charge is 0.322 e. The molecule has 0 aliphatic carbocycles. The second-order valence-corrected chi connectivity index (χ2v) is 11.9. The minimum absolute atomic E-state index is 0.180. The van der Waals surface area contributed by atoms with Crippen molar-refractivity contribution in [1.29, 1.82) is 5.26 Å². The number of hydrogen-bond donors (Lipinski definition) is 1. The molecule has 258 valence electrons. The molecule has 47 heavy (non-hydrogen) atoms. The Labute approximate surface area is 274 Å². The highest BCUT2D eigenvalue weighted by atomic mass is 16.6. The molecule has 0 unspecified atom stereocenters. The standard InChI is InChI=1S/C31H46N8O8/c1-20(2)28(40)46-25(23-9-10-24-27(33-17-36-39(23)24)34-18-38-13-11-37(6)12-14-38)26(47-29(41)21(3)4)31(15-32,44-8)16-45-19-35-22(5)30(42)43-7/h9-10,17-18,20-22,25-26,35H,11-14,16,19H2,1-8H3/t22-,25-,26-,31+/m0/s1. The number of fused-ring (bicyclic) bond motifs is 1. The first-order valence-corrected chi connectivity index (χ1v) is 15.4. The van der Waals surface area contributed by atoms with Crippen molar-refractivity contribution in [2.24, 2.45) is 16.8 Å². The topological polar surface area (TPSA) is 182 Å². The lowest BCUT2D eigenvalue weighted by Gasteiger charge is -2.37. The number of nitriles is 1. The molecule has 16 heteroatoms. The number of esters is 3. The molecule has 1 saturated heterocycles. The molecule has 2 aromatic heterocycles. The number of rotatable bonds is 16. The van der Waals surface area contributed by atoms with Crippen molar-refractivity contribution in [2.75, 3.05) is 60.8 Å². The minimum atomic E-state index is -1.98. The summed E-state index contributed by atoms with van der Waals surface area (Å²) in [6, 6.07) is 4.74. The van der Waals surface area contributed by atoms with Crippen LogP contribution in [0.5, 0.6) is 0 Å². The van der Waals surface area contributed by atoms with Crippen LogP contribution >= 0.6 is 0 Å². The van der Waals surface area contributed by atoms with Crippen LogP contribution in [0.1, 0.15) is 46.4 Å². The zero-order chi connectivity index (χ0) is 34.7. The van der Waals surface area contributed by atoms with Crippen LogP contribution in [0.4, 0.5) is 5.82 Å². The lowest BCUT2D eigenvalue weighted by atomic mass is 9.92. The molecule has 3 rings (SSSR count). The largest absolute Gasteiger partial charge is 0.468 e. The van der Waals surface area contributed by atoms with Crippen LogP contribution < -0.4 is 5.32 Å². The van der Waals surface area contributed by atoms with E-state index in [1.807, 2.05) is 0 Å². The van der Waals surface area contributed by atoms with E-state index in [4.69, 9.17) is 23.7 Å². The maximum Gasteiger partial charge on any atom is 0.322 e. The molecule has 0 saturated carbocycles. The molecule has 0 aromatic carbocycles. The summed E-state index contributed by atoms with van der Waals surface area (Å²) in [5.41, 5.74) is -1.21. The number of ether oxygens (including phenoxy) is 5. The van der Waals surface area contributed by atoms with E-state index in [-0.39, 0.29) is 12.4 Å². The Morgan fingerprint density at radius 3 is 2.30 bits per heavy atom. The van der Waals surface area contributed by atoms with Crippen molar-refractivity contribution in [1.82, 2.24) is 29.7 Å². The Bertz CT molecular complexity index is 1430. The third-order valence-electron chi connectivity index (χ3n) is 7.71. The first kappa shape index (κ1) is 37.3. The predicted octanol–water partition coefficient (Wildman–Crippen LogP) is 1.48. The van der Waals surface area contributed by atoms with Gasteiger partial charge in [-0.3, -0.25) is 19.7 Å². The third kappa shape index (κ3) is 9.44. The molecule has 4 atom stereocenters. The molecule has 0 bridgehead atoms. The number of methoxy groups -OCH3 is 2. The van der Waals surface area contributed by atoms with Gasteiger partial charge in [0, 0.05) is 33.3 Å². The first-order valence-electron chi connectivity index (χ1n) is 15.4. The van der Waals surface area contributed by atoms with Crippen molar-refractivity contribution in [3.63, 3.8) is 0 Å². The van der Waals surface area contributed by atoms with Crippen molar-refractivity contribution in [3.8, 4) is 6.07 Å². The van der Waals surface area contributed by atoms with Crippen LogP contribution in [0.15, 0.2) is 23.5 Å². The highest BCUT2D eigenvalue weighted by Gasteiger charge is 2.51. The molecule has 1 N–H and O–H groups in total. The van der Waals surface area contributed by atoms with Gasteiger partial charge in [0.15, 0.2) is 18.0 Å². The lowest BCUT2D eigenvalue weighted by Crippen LogP contribution is -2.54. The Morgan fingerprint density at radius 1 is 1.04 bits per heavy atom. The molecule has 1 aliphatic rings. The third-order valence-corrected chi connectivity index (χ3v) is 7.71. The Hall–Kier alpha value is -4.17. The number of carbonyl (C=O) groups is 3. The Balaban J connectivity index is 2.07. The van der Waals surface area contributed by atoms with Crippen LogP contribution in [-0.2, 0) is 38.1 Å². The second kappa shape index (κ2) is 17.1. The molecular formula is C31H46N8O8. The summed E-state index contributed by atoms with van der Waals surface area (Å²) >= 11 is 0. The van der Waals surface area contributed by atoms with Gasteiger partial charge in [0.2, 0.25) is 5.60 Å². The fourth-order valence-electron chi connectivity index (χ4n) is 4.58. The van der Waals surface area contributed by atoms with Gasteiger partial charge in [0.25, 0.3) is 0 Å².